The zero-order valence-corrected chi connectivity index (χ0v) is 7.95. The minimum atomic E-state index is -0.0543. The predicted octanol–water partition coefficient (Wildman–Crippen LogP) is 2.53. The number of hydrogen-bond donors (Lipinski definition) is 0. The van der Waals surface area contributed by atoms with E-state index in [-0.39, 0.29) is 5.92 Å². The van der Waals surface area contributed by atoms with E-state index in [0.29, 0.717) is 6.61 Å². The maximum atomic E-state index is 8.53. The van der Waals surface area contributed by atoms with Gasteiger partial charge in [0.25, 0.3) is 0 Å². The van der Waals surface area contributed by atoms with Crippen molar-refractivity contribution in [2.75, 3.05) is 6.61 Å². The molecule has 0 heterocycles. The summed E-state index contributed by atoms with van der Waals surface area (Å²) in [5.41, 5.74) is 1.21. The van der Waals surface area contributed by atoms with Crippen LogP contribution in [0.15, 0.2) is 24.3 Å². The van der Waals surface area contributed by atoms with Crippen molar-refractivity contribution in [3.63, 3.8) is 0 Å². The van der Waals surface area contributed by atoms with E-state index in [2.05, 4.69) is 6.07 Å². The minimum absolute atomic E-state index is 0.0543. The second kappa shape index (κ2) is 4.51. The first-order valence-corrected chi connectivity index (χ1v) is 4.31. The van der Waals surface area contributed by atoms with Crippen LogP contribution in [0.1, 0.15) is 12.5 Å². The molecule has 0 aliphatic rings. The highest BCUT2D eigenvalue weighted by Gasteiger charge is 1.99. The molecule has 0 fully saturated rings. The first kappa shape index (κ1) is 9.60. The molecular formula is C11H13NO. The van der Waals surface area contributed by atoms with Crippen LogP contribution in [0.5, 0.6) is 5.75 Å². The Bertz CT molecular complexity index is 297. The van der Waals surface area contributed by atoms with E-state index in [1.54, 1.807) is 0 Å². The molecule has 0 radical (unpaired) electrons. The van der Waals surface area contributed by atoms with Gasteiger partial charge in [0.1, 0.15) is 12.4 Å². The van der Waals surface area contributed by atoms with Crippen molar-refractivity contribution < 1.29 is 4.74 Å². The van der Waals surface area contributed by atoms with Crippen molar-refractivity contribution in [3.8, 4) is 11.8 Å². The molecule has 1 atom stereocenters. The van der Waals surface area contributed by atoms with Gasteiger partial charge in [-0.25, -0.2) is 0 Å². The average molecular weight is 175 g/mol. The SMILES string of the molecule is Cc1ccc(OCC(C)C#N)cc1. The van der Waals surface area contributed by atoms with Gasteiger partial charge in [-0.15, -0.1) is 0 Å². The maximum Gasteiger partial charge on any atom is 0.119 e. The minimum Gasteiger partial charge on any atom is -0.492 e. The molecule has 0 aliphatic heterocycles. The Kier molecular flexibility index (Phi) is 3.33. The van der Waals surface area contributed by atoms with Crippen LogP contribution in [-0.4, -0.2) is 6.61 Å². The van der Waals surface area contributed by atoms with Crippen LogP contribution >= 0.6 is 0 Å². The fourth-order valence-electron chi connectivity index (χ4n) is 0.893. The van der Waals surface area contributed by atoms with Crippen LogP contribution in [0.3, 0.4) is 0 Å². The average Bonchev–Trinajstić information content (AvgIpc) is 2.16. The van der Waals surface area contributed by atoms with Gasteiger partial charge in [-0.3, -0.25) is 0 Å². The van der Waals surface area contributed by atoms with Crippen molar-refractivity contribution in [2.24, 2.45) is 5.92 Å². The lowest BCUT2D eigenvalue weighted by Crippen LogP contribution is -2.05. The molecule has 0 spiro atoms. The van der Waals surface area contributed by atoms with Crippen LogP contribution in [0.4, 0.5) is 0 Å². The van der Waals surface area contributed by atoms with E-state index < -0.39 is 0 Å². The van der Waals surface area contributed by atoms with Gasteiger partial charge in [-0.05, 0) is 26.0 Å². The van der Waals surface area contributed by atoms with Crippen molar-refractivity contribution >= 4 is 0 Å². The van der Waals surface area contributed by atoms with Crippen LogP contribution in [0.2, 0.25) is 0 Å². The summed E-state index contributed by atoms with van der Waals surface area (Å²) in [6.07, 6.45) is 0. The number of nitrogens with zero attached hydrogens (tertiary/aromatic N) is 1. The molecule has 0 aromatic heterocycles. The number of hydrogen-bond acceptors (Lipinski definition) is 2. The van der Waals surface area contributed by atoms with Crippen LogP contribution in [0.25, 0.3) is 0 Å². The molecule has 68 valence electrons. The number of ether oxygens (including phenoxy) is 1. The van der Waals surface area contributed by atoms with E-state index in [4.69, 9.17) is 10.00 Å². The van der Waals surface area contributed by atoms with Crippen LogP contribution < -0.4 is 4.74 Å². The summed E-state index contributed by atoms with van der Waals surface area (Å²) < 4.78 is 5.39. The van der Waals surface area contributed by atoms with Gasteiger partial charge in [0, 0.05) is 0 Å². The molecule has 0 saturated heterocycles. The lowest BCUT2D eigenvalue weighted by atomic mass is 10.2. The highest BCUT2D eigenvalue weighted by atomic mass is 16.5. The first-order valence-electron chi connectivity index (χ1n) is 4.31. The molecule has 0 aliphatic carbocycles. The second-order valence-corrected chi connectivity index (χ2v) is 3.15. The van der Waals surface area contributed by atoms with Gasteiger partial charge in [-0.2, -0.15) is 5.26 Å². The van der Waals surface area contributed by atoms with Crippen molar-refractivity contribution in [1.29, 1.82) is 5.26 Å². The summed E-state index contributed by atoms with van der Waals surface area (Å²) in [6, 6.07) is 9.94. The smallest absolute Gasteiger partial charge is 0.119 e. The highest BCUT2D eigenvalue weighted by molar-refractivity contribution is 5.26. The predicted molar refractivity (Wildman–Crippen MR) is 51.5 cm³/mol. The lowest BCUT2D eigenvalue weighted by molar-refractivity contribution is 0.288. The van der Waals surface area contributed by atoms with E-state index in [9.17, 15) is 0 Å². The third kappa shape index (κ3) is 3.16. The molecule has 1 rings (SSSR count). The molecule has 0 bridgehead atoms. The largest absolute Gasteiger partial charge is 0.492 e. The quantitative estimate of drug-likeness (QED) is 0.707. The Balaban J connectivity index is 2.47. The fraction of sp³-hybridized carbons (Fsp3) is 0.364. The summed E-state index contributed by atoms with van der Waals surface area (Å²) in [5.74, 6) is 0.772. The van der Waals surface area contributed by atoms with Gasteiger partial charge in [-0.1, -0.05) is 17.7 Å². The molecule has 1 unspecified atom stereocenters. The standard InChI is InChI=1S/C11H13NO/c1-9-3-5-11(6-4-9)13-8-10(2)7-12/h3-6,10H,8H2,1-2H3. The van der Waals surface area contributed by atoms with Crippen molar-refractivity contribution in [2.45, 2.75) is 13.8 Å². The molecule has 13 heavy (non-hydrogen) atoms. The monoisotopic (exact) mass is 175 g/mol. The molecule has 2 nitrogen and oxygen atoms in total. The zero-order valence-electron chi connectivity index (χ0n) is 7.95. The normalized spacial score (nSPS) is 11.8. The fourth-order valence-corrected chi connectivity index (χ4v) is 0.893. The third-order valence-corrected chi connectivity index (χ3v) is 1.74. The molecular weight excluding hydrogens is 162 g/mol. The Hall–Kier alpha value is -1.49. The summed E-state index contributed by atoms with van der Waals surface area (Å²) in [7, 11) is 0. The van der Waals surface area contributed by atoms with Crippen molar-refractivity contribution in [3.05, 3.63) is 29.8 Å². The highest BCUT2D eigenvalue weighted by Crippen LogP contribution is 2.12. The second-order valence-electron chi connectivity index (χ2n) is 3.15. The molecule has 1 aromatic carbocycles. The Morgan fingerprint density at radius 2 is 2.00 bits per heavy atom. The summed E-state index contributed by atoms with van der Waals surface area (Å²) in [5, 5.41) is 8.53. The third-order valence-electron chi connectivity index (χ3n) is 1.74. The topological polar surface area (TPSA) is 33.0 Å². The van der Waals surface area contributed by atoms with Crippen LogP contribution in [0, 0.1) is 24.2 Å². The van der Waals surface area contributed by atoms with E-state index in [1.165, 1.54) is 5.56 Å². The van der Waals surface area contributed by atoms with E-state index in [0.717, 1.165) is 5.75 Å². The number of rotatable bonds is 3. The van der Waals surface area contributed by atoms with Gasteiger partial charge >= 0.3 is 0 Å². The Morgan fingerprint density at radius 1 is 1.38 bits per heavy atom. The molecule has 0 amide bonds. The first-order chi connectivity index (χ1) is 6.22. The van der Waals surface area contributed by atoms with Gasteiger partial charge < -0.3 is 4.74 Å². The molecule has 0 N–H and O–H groups in total. The Morgan fingerprint density at radius 3 is 2.54 bits per heavy atom. The zero-order chi connectivity index (χ0) is 9.68. The molecule has 0 saturated carbocycles. The number of benzene rings is 1. The molecule has 1 aromatic rings. The summed E-state index contributed by atoms with van der Waals surface area (Å²) >= 11 is 0. The Labute approximate surface area is 78.8 Å². The number of nitriles is 1. The number of aryl methyl sites for hydroxylation is 1. The van der Waals surface area contributed by atoms with Gasteiger partial charge in [0.15, 0.2) is 0 Å². The van der Waals surface area contributed by atoms with E-state index >= 15 is 0 Å². The van der Waals surface area contributed by atoms with Gasteiger partial charge in [0.05, 0.1) is 12.0 Å². The van der Waals surface area contributed by atoms with Crippen molar-refractivity contribution in [1.82, 2.24) is 0 Å². The van der Waals surface area contributed by atoms with E-state index in [1.807, 2.05) is 38.1 Å². The van der Waals surface area contributed by atoms with Crippen LogP contribution in [-0.2, 0) is 0 Å². The summed E-state index contributed by atoms with van der Waals surface area (Å²) in [6.45, 7) is 4.33. The van der Waals surface area contributed by atoms with Gasteiger partial charge in [0.2, 0.25) is 0 Å². The molecule has 2 heteroatoms. The maximum absolute atomic E-state index is 8.53. The lowest BCUT2D eigenvalue weighted by Gasteiger charge is -2.06. The summed E-state index contributed by atoms with van der Waals surface area (Å²) in [4.78, 5) is 0.